The molecule has 3 rings (SSSR count). The second-order valence-electron chi connectivity index (χ2n) is 6.19. The zero-order valence-corrected chi connectivity index (χ0v) is 12.5. The van der Waals surface area contributed by atoms with Gasteiger partial charge in [-0.1, -0.05) is 13.8 Å². The number of rotatable bonds is 5. The summed E-state index contributed by atoms with van der Waals surface area (Å²) in [7, 11) is 0. The van der Waals surface area contributed by atoms with Gasteiger partial charge >= 0.3 is 0 Å². The second-order valence-corrected chi connectivity index (χ2v) is 6.19. The molecule has 4 atom stereocenters. The van der Waals surface area contributed by atoms with Crippen LogP contribution in [-0.4, -0.2) is 37.2 Å². The molecule has 2 N–H and O–H groups in total. The third kappa shape index (κ3) is 2.65. The maximum atomic E-state index is 6.11. The molecule has 1 aromatic rings. The van der Waals surface area contributed by atoms with Crippen LogP contribution in [0.15, 0.2) is 16.5 Å². The molecule has 1 aromatic heterocycles. The van der Waals surface area contributed by atoms with Crippen LogP contribution in [0.1, 0.15) is 50.2 Å². The fourth-order valence-corrected chi connectivity index (χ4v) is 3.31. The van der Waals surface area contributed by atoms with Crippen molar-refractivity contribution in [3.8, 4) is 0 Å². The van der Waals surface area contributed by atoms with Crippen LogP contribution in [0.4, 0.5) is 0 Å². The third-order valence-electron chi connectivity index (χ3n) is 4.82. The number of hydrogen-bond acceptors (Lipinski definition) is 4. The molecule has 4 heteroatoms. The Morgan fingerprint density at radius 1 is 1.45 bits per heavy atom. The lowest BCUT2D eigenvalue weighted by atomic mass is 10.1. The number of morpholine rings is 1. The van der Waals surface area contributed by atoms with E-state index in [1.165, 1.54) is 6.42 Å². The molecule has 1 saturated carbocycles. The standard InChI is InChI=1S/C16H26N2O2/c1-3-12-10-19-7-6-18(12)14(9-17)16-5-4-15(20-16)13-8-11(13)2/h4-5,11-14H,3,6-10,17H2,1-2H3. The maximum Gasteiger partial charge on any atom is 0.122 e. The van der Waals surface area contributed by atoms with Gasteiger partial charge in [-0.25, -0.2) is 0 Å². The molecule has 4 unspecified atom stereocenters. The van der Waals surface area contributed by atoms with Gasteiger partial charge in [0.25, 0.3) is 0 Å². The maximum absolute atomic E-state index is 6.11. The van der Waals surface area contributed by atoms with Gasteiger partial charge in [0.2, 0.25) is 0 Å². The molecule has 2 fully saturated rings. The van der Waals surface area contributed by atoms with Crippen molar-refractivity contribution in [1.29, 1.82) is 0 Å². The summed E-state index contributed by atoms with van der Waals surface area (Å²) >= 11 is 0. The first-order valence-corrected chi connectivity index (χ1v) is 7.87. The normalized spacial score (nSPS) is 32.2. The number of nitrogens with zero attached hydrogens (tertiary/aromatic N) is 1. The Hall–Kier alpha value is -0.840. The second kappa shape index (κ2) is 5.88. The number of hydrogen-bond donors (Lipinski definition) is 1. The van der Waals surface area contributed by atoms with Crippen molar-refractivity contribution in [2.45, 2.75) is 44.7 Å². The van der Waals surface area contributed by atoms with Crippen molar-refractivity contribution >= 4 is 0 Å². The average Bonchev–Trinajstić information content (AvgIpc) is 3.01. The van der Waals surface area contributed by atoms with Crippen LogP contribution in [0, 0.1) is 5.92 Å². The first-order valence-electron chi connectivity index (χ1n) is 7.87. The summed E-state index contributed by atoms with van der Waals surface area (Å²) in [6, 6.07) is 4.91. The third-order valence-corrected chi connectivity index (χ3v) is 4.82. The van der Waals surface area contributed by atoms with E-state index in [1.807, 2.05) is 0 Å². The zero-order valence-electron chi connectivity index (χ0n) is 12.5. The van der Waals surface area contributed by atoms with E-state index in [4.69, 9.17) is 14.9 Å². The predicted octanol–water partition coefficient (Wildman–Crippen LogP) is 2.51. The molecule has 1 aliphatic carbocycles. The van der Waals surface area contributed by atoms with E-state index in [2.05, 4.69) is 30.9 Å². The molecule has 20 heavy (non-hydrogen) atoms. The summed E-state index contributed by atoms with van der Waals surface area (Å²) in [4.78, 5) is 2.46. The van der Waals surface area contributed by atoms with Gasteiger partial charge in [0.05, 0.1) is 19.3 Å². The quantitative estimate of drug-likeness (QED) is 0.899. The fourth-order valence-electron chi connectivity index (χ4n) is 3.31. The molecule has 0 spiro atoms. The van der Waals surface area contributed by atoms with Crippen LogP contribution in [0.25, 0.3) is 0 Å². The van der Waals surface area contributed by atoms with Gasteiger partial charge in [-0.2, -0.15) is 0 Å². The molecule has 0 radical (unpaired) electrons. The van der Waals surface area contributed by atoms with E-state index >= 15 is 0 Å². The molecule has 0 aromatic carbocycles. The van der Waals surface area contributed by atoms with Crippen molar-refractivity contribution in [3.63, 3.8) is 0 Å². The van der Waals surface area contributed by atoms with E-state index < -0.39 is 0 Å². The molecular weight excluding hydrogens is 252 g/mol. The van der Waals surface area contributed by atoms with E-state index in [0.717, 1.165) is 43.6 Å². The van der Waals surface area contributed by atoms with Crippen LogP contribution in [0.5, 0.6) is 0 Å². The topological polar surface area (TPSA) is 51.6 Å². The summed E-state index contributed by atoms with van der Waals surface area (Å²) in [5.74, 6) is 3.58. The number of ether oxygens (including phenoxy) is 1. The van der Waals surface area contributed by atoms with Gasteiger partial charge in [0.1, 0.15) is 11.5 Å². The highest BCUT2D eigenvalue weighted by molar-refractivity contribution is 5.19. The van der Waals surface area contributed by atoms with Crippen LogP contribution < -0.4 is 5.73 Å². The highest BCUT2D eigenvalue weighted by atomic mass is 16.5. The van der Waals surface area contributed by atoms with Crippen molar-refractivity contribution < 1.29 is 9.15 Å². The Bertz CT molecular complexity index is 445. The summed E-state index contributed by atoms with van der Waals surface area (Å²) in [5, 5.41) is 0. The van der Waals surface area contributed by atoms with Gasteiger partial charge in [0, 0.05) is 25.0 Å². The predicted molar refractivity (Wildman–Crippen MR) is 78.6 cm³/mol. The Kier molecular flexibility index (Phi) is 4.15. The molecule has 2 aliphatic rings. The van der Waals surface area contributed by atoms with Gasteiger partial charge < -0.3 is 14.9 Å². The molecule has 0 bridgehead atoms. The number of furan rings is 1. The molecule has 2 heterocycles. The highest BCUT2D eigenvalue weighted by Crippen LogP contribution is 2.47. The zero-order chi connectivity index (χ0) is 14.1. The highest BCUT2D eigenvalue weighted by Gasteiger charge is 2.37. The molecule has 4 nitrogen and oxygen atoms in total. The summed E-state index contributed by atoms with van der Waals surface area (Å²) < 4.78 is 11.7. The number of nitrogens with two attached hydrogens (primary N) is 1. The van der Waals surface area contributed by atoms with Crippen LogP contribution in [0.2, 0.25) is 0 Å². The van der Waals surface area contributed by atoms with Gasteiger partial charge in [-0.3, -0.25) is 4.90 Å². The fraction of sp³-hybridized carbons (Fsp3) is 0.750. The summed E-state index contributed by atoms with van der Waals surface area (Å²) in [6.45, 7) is 7.63. The minimum atomic E-state index is 0.187. The average molecular weight is 278 g/mol. The van der Waals surface area contributed by atoms with E-state index in [-0.39, 0.29) is 6.04 Å². The largest absolute Gasteiger partial charge is 0.464 e. The van der Waals surface area contributed by atoms with E-state index in [1.54, 1.807) is 0 Å². The first-order chi connectivity index (χ1) is 9.74. The molecular formula is C16H26N2O2. The summed E-state index contributed by atoms with van der Waals surface area (Å²) in [6.07, 6.45) is 2.35. The van der Waals surface area contributed by atoms with E-state index in [9.17, 15) is 0 Å². The van der Waals surface area contributed by atoms with Crippen molar-refractivity contribution in [2.24, 2.45) is 11.7 Å². The molecule has 0 amide bonds. The van der Waals surface area contributed by atoms with E-state index in [0.29, 0.717) is 18.5 Å². The minimum absolute atomic E-state index is 0.187. The molecule has 1 saturated heterocycles. The molecule has 1 aliphatic heterocycles. The first kappa shape index (κ1) is 14.1. The van der Waals surface area contributed by atoms with Gasteiger partial charge in [0.15, 0.2) is 0 Å². The Morgan fingerprint density at radius 3 is 2.90 bits per heavy atom. The van der Waals surface area contributed by atoms with Crippen molar-refractivity contribution in [2.75, 3.05) is 26.3 Å². The summed E-state index contributed by atoms with van der Waals surface area (Å²) in [5.41, 5.74) is 6.04. The minimum Gasteiger partial charge on any atom is -0.464 e. The lowest BCUT2D eigenvalue weighted by Crippen LogP contribution is -2.48. The molecule has 112 valence electrons. The van der Waals surface area contributed by atoms with Crippen molar-refractivity contribution in [3.05, 3.63) is 23.7 Å². The van der Waals surface area contributed by atoms with Crippen molar-refractivity contribution in [1.82, 2.24) is 4.90 Å². The Morgan fingerprint density at radius 2 is 2.25 bits per heavy atom. The smallest absolute Gasteiger partial charge is 0.122 e. The monoisotopic (exact) mass is 278 g/mol. The van der Waals surface area contributed by atoms with Gasteiger partial charge in [-0.15, -0.1) is 0 Å². The SMILES string of the molecule is CCC1COCCN1C(CN)c1ccc(C2CC2C)o1. The van der Waals surface area contributed by atoms with Gasteiger partial charge in [-0.05, 0) is 30.9 Å². The Labute approximate surface area is 121 Å². The van der Waals surface area contributed by atoms with Crippen LogP contribution >= 0.6 is 0 Å². The lowest BCUT2D eigenvalue weighted by Gasteiger charge is -2.39. The Balaban J connectivity index is 1.76. The van der Waals surface area contributed by atoms with Crippen LogP contribution in [-0.2, 0) is 4.74 Å². The lowest BCUT2D eigenvalue weighted by molar-refractivity contribution is -0.0330. The van der Waals surface area contributed by atoms with Crippen LogP contribution in [0.3, 0.4) is 0 Å².